The molecule has 1 aromatic carbocycles. The average Bonchev–Trinajstić information content (AvgIpc) is 3.40. The van der Waals surface area contributed by atoms with E-state index in [9.17, 15) is 9.90 Å². The summed E-state index contributed by atoms with van der Waals surface area (Å²) in [5, 5.41) is 27.3. The quantitative estimate of drug-likeness (QED) is 0.307. The number of piperidine rings is 1. The van der Waals surface area contributed by atoms with Gasteiger partial charge in [-0.3, -0.25) is 9.69 Å². The van der Waals surface area contributed by atoms with Gasteiger partial charge in [0, 0.05) is 36.9 Å². The topological polar surface area (TPSA) is 143 Å². The minimum Gasteiger partial charge on any atom is -0.550 e. The van der Waals surface area contributed by atoms with Crippen LogP contribution in [0.15, 0.2) is 30.3 Å². The summed E-state index contributed by atoms with van der Waals surface area (Å²) in [4.78, 5) is 32.6. The van der Waals surface area contributed by atoms with Crippen molar-refractivity contribution in [1.29, 1.82) is 0 Å². The number of carboxylic acid groups (broad SMARTS) is 2. The number of likely N-dealkylation sites (N-methyl/N-ethyl adjacent to an activating group) is 1. The number of nitrogens with zero attached hydrogens (tertiary/aromatic N) is 1. The summed E-state index contributed by atoms with van der Waals surface area (Å²) < 4.78 is 11.4. The van der Waals surface area contributed by atoms with Crippen LogP contribution in [-0.4, -0.2) is 110 Å². The van der Waals surface area contributed by atoms with Gasteiger partial charge < -0.3 is 34.4 Å². The Hall–Kier alpha value is -1.23. The van der Waals surface area contributed by atoms with Gasteiger partial charge in [-0.15, -0.1) is 0 Å². The van der Waals surface area contributed by atoms with Crippen LogP contribution in [0.5, 0.6) is 0 Å². The number of hydrogen-bond acceptors (Lipinski definition) is 9. The zero-order valence-electron chi connectivity index (χ0n) is 17.9. The van der Waals surface area contributed by atoms with E-state index in [0.717, 1.165) is 32.3 Å². The van der Waals surface area contributed by atoms with Crippen LogP contribution in [0.4, 0.5) is 0 Å². The molecule has 2 bridgehead atoms. The minimum atomic E-state index is -1.08. The fraction of sp³-hybridized carbons (Fsp3) is 0.571. The summed E-state index contributed by atoms with van der Waals surface area (Å²) in [7, 11) is 2.13. The molecule has 0 radical (unpaired) electrons. The summed E-state index contributed by atoms with van der Waals surface area (Å²) in [6, 6.07) is 10.1. The number of fused-ring (bicyclic) bond motifs is 5. The predicted octanol–water partition coefficient (Wildman–Crippen LogP) is -1.95. The fourth-order valence-corrected chi connectivity index (χ4v) is 4.04. The molecule has 5 unspecified atom stereocenters. The van der Waals surface area contributed by atoms with Crippen LogP contribution in [-0.2, 0) is 23.9 Å². The molecule has 5 atom stereocenters. The third kappa shape index (κ3) is 8.00. The standard InChI is InChI=1S/C17H21NO4.2C2H4O2.Ca/c1-18-13-7-11(8-14(18)16-15(13)22-16)21-17(20)12(9-19)10-5-3-2-4-6-10;2*1-2(3)4;/h2-6,11-16,19H,7-9H2,1H3;2*1H3,(H,3,4);/q;;;+2/p-2. The normalized spacial score (nSPS) is 28.2. The van der Waals surface area contributed by atoms with Gasteiger partial charge in [0.2, 0.25) is 0 Å². The summed E-state index contributed by atoms with van der Waals surface area (Å²) >= 11 is 0. The second-order valence-corrected chi connectivity index (χ2v) is 7.52. The van der Waals surface area contributed by atoms with Crippen molar-refractivity contribution in [3.8, 4) is 0 Å². The van der Waals surface area contributed by atoms with Gasteiger partial charge in [0.05, 0.1) is 6.61 Å². The van der Waals surface area contributed by atoms with Gasteiger partial charge in [0.1, 0.15) is 24.2 Å². The Morgan fingerprint density at radius 3 is 1.97 bits per heavy atom. The van der Waals surface area contributed by atoms with Crippen molar-refractivity contribution in [2.75, 3.05) is 13.7 Å². The molecular formula is C21H27CaNO8. The number of epoxide rings is 1. The van der Waals surface area contributed by atoms with Gasteiger partial charge >= 0.3 is 43.7 Å². The minimum absolute atomic E-state index is 0. The number of morpholine rings is 1. The van der Waals surface area contributed by atoms with Crippen LogP contribution in [0.2, 0.25) is 0 Å². The number of aliphatic hydroxyl groups is 1. The zero-order valence-corrected chi connectivity index (χ0v) is 20.1. The summed E-state index contributed by atoms with van der Waals surface area (Å²) in [6.45, 7) is 1.72. The smallest absolute Gasteiger partial charge is 0.550 e. The fourth-order valence-electron chi connectivity index (χ4n) is 4.04. The molecule has 10 heteroatoms. The maximum atomic E-state index is 12.4. The van der Waals surface area contributed by atoms with E-state index in [0.29, 0.717) is 24.3 Å². The van der Waals surface area contributed by atoms with E-state index >= 15 is 0 Å². The molecule has 9 nitrogen and oxygen atoms in total. The van der Waals surface area contributed by atoms with Gasteiger partial charge in [-0.1, -0.05) is 30.3 Å². The molecular weight excluding hydrogens is 434 g/mol. The Kier molecular flexibility index (Phi) is 11.4. The molecule has 3 fully saturated rings. The second kappa shape index (κ2) is 12.7. The Balaban J connectivity index is 0.000000465. The van der Waals surface area contributed by atoms with E-state index in [-0.39, 0.29) is 56.4 Å². The van der Waals surface area contributed by atoms with Crippen molar-refractivity contribution in [1.82, 2.24) is 4.90 Å². The van der Waals surface area contributed by atoms with Crippen molar-refractivity contribution >= 4 is 55.6 Å². The largest absolute Gasteiger partial charge is 2.00 e. The van der Waals surface area contributed by atoms with Crippen molar-refractivity contribution < 1.29 is 39.2 Å². The maximum absolute atomic E-state index is 12.4. The SMILES string of the molecule is CC(=O)[O-].CC(=O)[O-].CN1C2CC(OC(=O)C(CO)c3ccccc3)CC1C1OC12.[Ca+2]. The first-order valence-corrected chi connectivity index (χ1v) is 9.74. The number of aliphatic hydroxyl groups excluding tert-OH is 1. The Morgan fingerprint density at radius 2 is 1.55 bits per heavy atom. The van der Waals surface area contributed by atoms with Crippen LogP contribution < -0.4 is 10.2 Å². The molecule has 0 aromatic heterocycles. The van der Waals surface area contributed by atoms with E-state index in [4.69, 9.17) is 29.3 Å². The monoisotopic (exact) mass is 461 g/mol. The van der Waals surface area contributed by atoms with E-state index in [2.05, 4.69) is 11.9 Å². The van der Waals surface area contributed by atoms with Crippen LogP contribution >= 0.6 is 0 Å². The number of ether oxygens (including phenoxy) is 2. The Labute approximate surface area is 211 Å². The molecule has 3 saturated heterocycles. The summed E-state index contributed by atoms with van der Waals surface area (Å²) in [5.74, 6) is -3.08. The first kappa shape index (κ1) is 27.8. The molecule has 0 aliphatic carbocycles. The van der Waals surface area contributed by atoms with Gasteiger partial charge in [0.25, 0.3) is 0 Å². The molecule has 3 heterocycles. The summed E-state index contributed by atoms with van der Waals surface area (Å²) in [5.41, 5.74) is 0.803. The van der Waals surface area contributed by atoms with Gasteiger partial charge in [-0.2, -0.15) is 0 Å². The molecule has 0 amide bonds. The number of aliphatic carboxylic acids is 2. The molecule has 31 heavy (non-hydrogen) atoms. The van der Waals surface area contributed by atoms with Crippen molar-refractivity contribution in [2.45, 2.75) is 63.0 Å². The van der Waals surface area contributed by atoms with Crippen LogP contribution in [0.3, 0.4) is 0 Å². The molecule has 1 N–H and O–H groups in total. The van der Waals surface area contributed by atoms with Gasteiger partial charge in [-0.05, 0) is 26.5 Å². The predicted molar refractivity (Wildman–Crippen MR) is 106 cm³/mol. The molecule has 0 spiro atoms. The number of carboxylic acids is 2. The van der Waals surface area contributed by atoms with Crippen molar-refractivity contribution in [3.05, 3.63) is 35.9 Å². The van der Waals surface area contributed by atoms with Crippen molar-refractivity contribution in [3.63, 3.8) is 0 Å². The maximum Gasteiger partial charge on any atom is 2.00 e. The second-order valence-electron chi connectivity index (χ2n) is 7.52. The molecule has 166 valence electrons. The number of benzene rings is 1. The molecule has 4 rings (SSSR count). The number of carbonyl (C=O) groups excluding carboxylic acids is 3. The van der Waals surface area contributed by atoms with Crippen molar-refractivity contribution in [2.24, 2.45) is 0 Å². The van der Waals surface area contributed by atoms with E-state index in [1.165, 1.54) is 0 Å². The third-order valence-electron chi connectivity index (χ3n) is 5.33. The first-order chi connectivity index (χ1) is 14.1. The number of rotatable bonds is 4. The Morgan fingerprint density at radius 1 is 1.10 bits per heavy atom. The Bertz CT molecular complexity index is 708. The van der Waals surface area contributed by atoms with Crippen LogP contribution in [0.1, 0.15) is 38.2 Å². The van der Waals surface area contributed by atoms with E-state index < -0.39 is 17.9 Å². The van der Waals surface area contributed by atoms with Gasteiger partial charge in [-0.25, -0.2) is 0 Å². The number of hydrogen-bond donors (Lipinski definition) is 1. The molecule has 3 aliphatic heterocycles. The third-order valence-corrected chi connectivity index (χ3v) is 5.33. The van der Waals surface area contributed by atoms with E-state index in [1.54, 1.807) is 0 Å². The molecule has 1 aromatic rings. The average molecular weight is 462 g/mol. The molecule has 0 saturated carbocycles. The van der Waals surface area contributed by atoms with Crippen LogP contribution in [0.25, 0.3) is 0 Å². The summed E-state index contributed by atoms with van der Waals surface area (Å²) in [6.07, 6.45) is 2.26. The molecule has 3 aliphatic rings. The zero-order chi connectivity index (χ0) is 22.4. The van der Waals surface area contributed by atoms with E-state index in [1.807, 2.05) is 30.3 Å². The van der Waals surface area contributed by atoms with Gasteiger partial charge in [0.15, 0.2) is 0 Å². The number of esters is 1. The first-order valence-electron chi connectivity index (χ1n) is 9.74. The van der Waals surface area contributed by atoms with Crippen LogP contribution in [0, 0.1) is 0 Å². The number of carbonyl (C=O) groups is 3.